The number of hydrogen-bond acceptors (Lipinski definition) is 4. The highest BCUT2D eigenvalue weighted by molar-refractivity contribution is 6.04. The molecule has 4 aromatic rings. The van der Waals surface area contributed by atoms with Crippen LogP contribution in [0.4, 0.5) is 13.2 Å². The maximum absolute atomic E-state index is 12.8. The number of H-pyrrole nitrogens is 1. The molecule has 0 saturated heterocycles. The van der Waals surface area contributed by atoms with Crippen LogP contribution in [-0.2, 0) is 24.1 Å². The summed E-state index contributed by atoms with van der Waals surface area (Å²) in [5.74, 6) is 0.248. The van der Waals surface area contributed by atoms with Crippen LogP contribution in [0, 0.1) is 0 Å². The number of benzene rings is 2. The van der Waals surface area contributed by atoms with Crippen LogP contribution >= 0.6 is 0 Å². The number of amides is 1. The van der Waals surface area contributed by atoms with Gasteiger partial charge in [0.25, 0.3) is 5.56 Å². The molecule has 32 heavy (non-hydrogen) atoms. The number of nitrogens with zero attached hydrogens (tertiary/aromatic N) is 2. The number of methoxy groups -OCH3 is 1. The van der Waals surface area contributed by atoms with Gasteiger partial charge in [-0.1, -0.05) is 12.1 Å². The summed E-state index contributed by atoms with van der Waals surface area (Å²) >= 11 is 0. The van der Waals surface area contributed by atoms with Crippen molar-refractivity contribution in [1.82, 2.24) is 19.9 Å². The van der Waals surface area contributed by atoms with Crippen molar-refractivity contribution in [2.45, 2.75) is 25.7 Å². The van der Waals surface area contributed by atoms with Crippen molar-refractivity contribution in [3.05, 3.63) is 70.3 Å². The molecule has 0 aliphatic rings. The monoisotopic (exact) mass is 444 g/mol. The van der Waals surface area contributed by atoms with Gasteiger partial charge in [-0.15, -0.1) is 0 Å². The minimum absolute atomic E-state index is 0.0277. The lowest BCUT2D eigenvalue weighted by atomic mass is 10.1. The van der Waals surface area contributed by atoms with Gasteiger partial charge in [0.15, 0.2) is 0 Å². The van der Waals surface area contributed by atoms with Crippen LogP contribution in [0.3, 0.4) is 0 Å². The summed E-state index contributed by atoms with van der Waals surface area (Å²) in [7, 11) is 1.55. The average molecular weight is 444 g/mol. The van der Waals surface area contributed by atoms with Gasteiger partial charge in [-0.05, 0) is 35.9 Å². The molecule has 0 atom stereocenters. The van der Waals surface area contributed by atoms with Crippen LogP contribution in [0.25, 0.3) is 21.9 Å². The number of rotatable bonds is 6. The summed E-state index contributed by atoms with van der Waals surface area (Å²) in [6.45, 7) is 0.0354. The van der Waals surface area contributed by atoms with Gasteiger partial charge < -0.3 is 15.0 Å². The van der Waals surface area contributed by atoms with Gasteiger partial charge in [-0.25, -0.2) is 4.98 Å². The lowest BCUT2D eigenvalue weighted by molar-refractivity contribution is -0.137. The number of nitrogens with one attached hydrogen (secondary N) is 2. The molecule has 7 nitrogen and oxygen atoms in total. The SMILES string of the molecule is COc1ccc2[nH]c3c(=O)n(CCC(=O)NCc4cccc(C(F)(F)F)c4)cnc3c2c1. The first-order valence-corrected chi connectivity index (χ1v) is 9.74. The van der Waals surface area contributed by atoms with E-state index in [2.05, 4.69) is 15.3 Å². The lowest BCUT2D eigenvalue weighted by Gasteiger charge is -2.10. The number of aromatic amines is 1. The van der Waals surface area contributed by atoms with Gasteiger partial charge in [0.1, 0.15) is 16.8 Å². The first kappa shape index (κ1) is 21.4. The van der Waals surface area contributed by atoms with Crippen molar-refractivity contribution in [2.75, 3.05) is 7.11 Å². The van der Waals surface area contributed by atoms with Gasteiger partial charge in [-0.3, -0.25) is 14.2 Å². The Balaban J connectivity index is 1.44. The van der Waals surface area contributed by atoms with E-state index in [1.165, 1.54) is 23.0 Å². The fourth-order valence-corrected chi connectivity index (χ4v) is 3.42. The van der Waals surface area contributed by atoms with Gasteiger partial charge in [0, 0.05) is 30.4 Å². The summed E-state index contributed by atoms with van der Waals surface area (Å²) in [4.78, 5) is 32.4. The Labute approximate surface area is 179 Å². The normalized spacial score (nSPS) is 11.8. The topological polar surface area (TPSA) is 89.0 Å². The van der Waals surface area contributed by atoms with E-state index in [9.17, 15) is 22.8 Å². The van der Waals surface area contributed by atoms with Gasteiger partial charge in [0.05, 0.1) is 19.0 Å². The van der Waals surface area contributed by atoms with Gasteiger partial charge in [0.2, 0.25) is 5.91 Å². The summed E-state index contributed by atoms with van der Waals surface area (Å²) in [5.41, 5.74) is 0.806. The summed E-state index contributed by atoms with van der Waals surface area (Å²) in [6, 6.07) is 10.1. The molecule has 0 fully saturated rings. The zero-order chi connectivity index (χ0) is 22.9. The van der Waals surface area contributed by atoms with Crippen LogP contribution < -0.4 is 15.6 Å². The van der Waals surface area contributed by atoms with Crippen LogP contribution in [0.5, 0.6) is 5.75 Å². The summed E-state index contributed by atoms with van der Waals surface area (Å²) < 4.78 is 44.9. The smallest absolute Gasteiger partial charge is 0.416 e. The Morgan fingerprint density at radius 1 is 1.22 bits per heavy atom. The third-order valence-corrected chi connectivity index (χ3v) is 5.10. The zero-order valence-corrected chi connectivity index (χ0v) is 17.0. The predicted octanol–water partition coefficient (Wildman–Crippen LogP) is 3.61. The van der Waals surface area contributed by atoms with E-state index in [0.29, 0.717) is 22.3 Å². The third-order valence-electron chi connectivity index (χ3n) is 5.10. The lowest BCUT2D eigenvalue weighted by Crippen LogP contribution is -2.27. The largest absolute Gasteiger partial charge is 0.497 e. The molecule has 2 heterocycles. The highest BCUT2D eigenvalue weighted by atomic mass is 19.4. The molecule has 0 aliphatic carbocycles. The third kappa shape index (κ3) is 4.29. The number of fused-ring (bicyclic) bond motifs is 3. The highest BCUT2D eigenvalue weighted by Crippen LogP contribution is 2.29. The number of carbonyl (C=O) groups is 1. The molecule has 0 unspecified atom stereocenters. The van der Waals surface area contributed by atoms with Crippen molar-refractivity contribution in [3.8, 4) is 5.75 Å². The number of ether oxygens (including phenoxy) is 1. The zero-order valence-electron chi connectivity index (χ0n) is 17.0. The molecule has 10 heteroatoms. The molecule has 2 aromatic heterocycles. The summed E-state index contributed by atoms with van der Waals surface area (Å²) in [5, 5.41) is 3.33. The number of carbonyl (C=O) groups excluding carboxylic acids is 1. The second-order valence-corrected chi connectivity index (χ2v) is 7.23. The molecule has 0 radical (unpaired) electrons. The van der Waals surface area contributed by atoms with E-state index >= 15 is 0 Å². The van der Waals surface area contributed by atoms with Crippen molar-refractivity contribution in [2.24, 2.45) is 0 Å². The van der Waals surface area contributed by atoms with Crippen molar-refractivity contribution in [1.29, 1.82) is 0 Å². The van der Waals surface area contributed by atoms with Crippen molar-refractivity contribution >= 4 is 27.8 Å². The predicted molar refractivity (Wildman–Crippen MR) is 112 cm³/mol. The fourth-order valence-electron chi connectivity index (χ4n) is 3.42. The molecule has 2 aromatic carbocycles. The Kier molecular flexibility index (Phi) is 5.60. The average Bonchev–Trinajstić information content (AvgIpc) is 3.15. The second kappa shape index (κ2) is 8.37. The van der Waals surface area contributed by atoms with E-state index in [1.54, 1.807) is 25.3 Å². The maximum atomic E-state index is 12.8. The van der Waals surface area contributed by atoms with Gasteiger partial charge in [-0.2, -0.15) is 13.2 Å². The van der Waals surface area contributed by atoms with Crippen LogP contribution in [0.15, 0.2) is 53.6 Å². The van der Waals surface area contributed by atoms with E-state index in [4.69, 9.17) is 4.74 Å². The molecule has 0 spiro atoms. The minimum Gasteiger partial charge on any atom is -0.497 e. The number of aromatic nitrogens is 3. The summed E-state index contributed by atoms with van der Waals surface area (Å²) in [6.07, 6.45) is -3.10. The van der Waals surface area contributed by atoms with E-state index in [1.807, 2.05) is 0 Å². The minimum atomic E-state index is -4.44. The van der Waals surface area contributed by atoms with E-state index in [0.717, 1.165) is 23.0 Å². The molecule has 4 rings (SSSR count). The number of alkyl halides is 3. The van der Waals surface area contributed by atoms with Crippen molar-refractivity contribution < 1.29 is 22.7 Å². The Hall–Kier alpha value is -3.82. The second-order valence-electron chi connectivity index (χ2n) is 7.23. The van der Waals surface area contributed by atoms with Crippen LogP contribution in [-0.4, -0.2) is 27.6 Å². The molecule has 1 amide bonds. The molecule has 0 saturated carbocycles. The maximum Gasteiger partial charge on any atom is 0.416 e. The van der Waals surface area contributed by atoms with Crippen LogP contribution in [0.2, 0.25) is 0 Å². The Bertz CT molecular complexity index is 1360. The standard InChI is InChI=1S/C22H19F3N4O3/c1-32-15-5-6-17-16(10-15)19-20(28-17)21(31)29(12-27-19)8-7-18(30)26-11-13-3-2-4-14(9-13)22(23,24)25/h2-6,9-10,12,28H,7-8,11H2,1H3,(H,26,30). The molecular formula is C22H19F3N4O3. The Morgan fingerprint density at radius 2 is 2.03 bits per heavy atom. The first-order chi connectivity index (χ1) is 15.3. The fraction of sp³-hybridized carbons (Fsp3) is 0.227. The van der Waals surface area contributed by atoms with Gasteiger partial charge >= 0.3 is 6.18 Å². The highest BCUT2D eigenvalue weighted by Gasteiger charge is 2.30. The number of hydrogen-bond donors (Lipinski definition) is 2. The number of halogens is 3. The van der Waals surface area contributed by atoms with E-state index < -0.39 is 17.6 Å². The van der Waals surface area contributed by atoms with E-state index in [-0.39, 0.29) is 25.1 Å². The Morgan fingerprint density at radius 3 is 2.78 bits per heavy atom. The molecule has 0 aliphatic heterocycles. The van der Waals surface area contributed by atoms with Crippen molar-refractivity contribution in [3.63, 3.8) is 0 Å². The first-order valence-electron chi connectivity index (χ1n) is 9.74. The molecular weight excluding hydrogens is 425 g/mol. The molecule has 0 bridgehead atoms. The number of aryl methyl sites for hydroxylation is 1. The molecule has 2 N–H and O–H groups in total. The quantitative estimate of drug-likeness (QED) is 0.476. The van der Waals surface area contributed by atoms with Crippen LogP contribution in [0.1, 0.15) is 17.5 Å². The molecule has 166 valence electrons.